The van der Waals surface area contributed by atoms with Gasteiger partial charge in [-0.3, -0.25) is 9.11 Å². The lowest BCUT2D eigenvalue weighted by atomic mass is 10.2. The van der Waals surface area contributed by atoms with Crippen molar-refractivity contribution in [2.45, 2.75) is 27.0 Å². The Labute approximate surface area is 489 Å². The molecule has 0 bridgehead atoms. The number of nitrogens with two attached hydrogens (primary N) is 6. The molecule has 0 amide bonds. The van der Waals surface area contributed by atoms with Gasteiger partial charge in [0.2, 0.25) is 20.0 Å². The number of sulfonamides is 2. The van der Waals surface area contributed by atoms with Crippen LogP contribution < -0.4 is 48.7 Å². The highest BCUT2D eigenvalue weighted by Crippen LogP contribution is 2.28. The van der Waals surface area contributed by atoms with Gasteiger partial charge in [-0.1, -0.05) is 39.3 Å². The minimum atomic E-state index is -4.60. The van der Waals surface area contributed by atoms with Crippen molar-refractivity contribution >= 4 is 147 Å². The number of nitrogen functional groups attached to an aromatic ring is 4. The number of alkyl halides is 2. The number of rotatable bonds is 9. The van der Waals surface area contributed by atoms with Gasteiger partial charge in [-0.25, -0.2) is 79.4 Å². The Bertz CT molecular complexity index is 3220. The molecule has 5 aromatic rings. The monoisotopic (exact) mass is 1490 g/mol. The molecule has 1 aliphatic rings. The Balaban J connectivity index is -0.000000886. The molecular formula is C39H48Br3Cl2F10N9O12S5. The summed E-state index contributed by atoms with van der Waals surface area (Å²) in [5, 5.41) is 18.1. The average molecular weight is 1500 g/mol. The summed E-state index contributed by atoms with van der Waals surface area (Å²) in [6.45, 7) is 4.42. The molecule has 0 aliphatic carbocycles. The van der Waals surface area contributed by atoms with E-state index in [0.717, 1.165) is 41.9 Å². The van der Waals surface area contributed by atoms with Gasteiger partial charge < -0.3 is 38.5 Å². The highest BCUT2D eigenvalue weighted by molar-refractivity contribution is 9.09. The van der Waals surface area contributed by atoms with E-state index in [1.165, 1.54) is 6.07 Å². The van der Waals surface area contributed by atoms with Crippen LogP contribution >= 0.6 is 70.2 Å². The third kappa shape index (κ3) is 30.8. The smallest absolute Gasteiger partial charge is 0.353 e. The van der Waals surface area contributed by atoms with Crippen molar-refractivity contribution in [2.75, 3.05) is 77.8 Å². The summed E-state index contributed by atoms with van der Waals surface area (Å²) in [5.41, 5.74) is 19.3. The van der Waals surface area contributed by atoms with Gasteiger partial charge >= 0.3 is 9.33 Å². The molecule has 0 saturated carbocycles. The van der Waals surface area contributed by atoms with Gasteiger partial charge in [-0.15, -0.1) is 17.0 Å². The molecule has 1 saturated heterocycles. The van der Waals surface area contributed by atoms with Crippen LogP contribution in [0.4, 0.5) is 72.3 Å². The van der Waals surface area contributed by atoms with Crippen LogP contribution in [0.5, 0.6) is 0 Å². The van der Waals surface area contributed by atoms with Crippen molar-refractivity contribution in [2.24, 2.45) is 10.3 Å². The normalized spacial score (nSPS) is 12.1. The number of anilines is 5. The topological polar surface area (TPSA) is 395 Å². The Morgan fingerprint density at radius 2 is 0.825 bits per heavy atom. The minimum absolute atomic E-state index is 0. The summed E-state index contributed by atoms with van der Waals surface area (Å²) < 4.78 is 246. The fraction of sp³-hybridized carbons (Fsp3) is 0.231. The maximum atomic E-state index is 13.2. The van der Waals surface area contributed by atoms with E-state index in [1.807, 2.05) is 0 Å². The van der Waals surface area contributed by atoms with E-state index >= 15 is 0 Å². The molecule has 80 heavy (non-hydrogen) atoms. The quantitative estimate of drug-likeness (QED) is 0.0185. The molecule has 1 heterocycles. The van der Waals surface area contributed by atoms with Crippen LogP contribution in [0, 0.1) is 58.2 Å². The molecule has 0 spiro atoms. The zero-order valence-electron chi connectivity index (χ0n) is 39.1. The lowest BCUT2D eigenvalue weighted by molar-refractivity contribution is 0.477. The number of hydrogen-bond acceptors (Lipinski definition) is 17. The zero-order valence-corrected chi connectivity index (χ0v) is 49.6. The van der Waals surface area contributed by atoms with Gasteiger partial charge in [0.1, 0.15) is 19.6 Å². The van der Waals surface area contributed by atoms with Gasteiger partial charge in [0.05, 0.1) is 22.7 Å². The van der Waals surface area contributed by atoms with Crippen molar-refractivity contribution in [3.05, 3.63) is 125 Å². The summed E-state index contributed by atoms with van der Waals surface area (Å²) in [4.78, 5) is -0.812. The summed E-state index contributed by atoms with van der Waals surface area (Å²) >= 11 is 6.60. The fourth-order valence-corrected chi connectivity index (χ4v) is 8.54. The van der Waals surface area contributed by atoms with Crippen LogP contribution in [0.2, 0.25) is 0 Å². The molecule has 456 valence electrons. The van der Waals surface area contributed by atoms with Crippen molar-refractivity contribution in [1.82, 2.24) is 10.6 Å². The Hall–Kier alpha value is -4.07. The van der Waals surface area contributed by atoms with E-state index < -0.39 is 138 Å². The molecule has 5 aromatic carbocycles. The molecule has 0 atom stereocenters. The first-order valence-electron chi connectivity index (χ1n) is 19.8. The van der Waals surface area contributed by atoms with Gasteiger partial charge in [0.15, 0.2) is 58.2 Å². The second kappa shape index (κ2) is 35.8. The molecule has 0 aromatic heterocycles. The molecule has 1 fully saturated rings. The van der Waals surface area contributed by atoms with Crippen molar-refractivity contribution < 1.29 is 95.1 Å². The largest absolute Gasteiger partial charge is 0.399 e. The van der Waals surface area contributed by atoms with Crippen molar-refractivity contribution in [3.8, 4) is 0 Å². The van der Waals surface area contributed by atoms with Crippen LogP contribution in [0.3, 0.4) is 0 Å². The lowest BCUT2D eigenvalue weighted by Crippen LogP contribution is -2.44. The van der Waals surface area contributed by atoms with E-state index in [0.29, 0.717) is 68.6 Å². The van der Waals surface area contributed by atoms with Crippen LogP contribution in [-0.2, 0) is 48.5 Å². The number of piperazine rings is 1. The maximum Gasteiger partial charge on any atom is 0.353 e. The molecule has 1 aliphatic heterocycles. The fourth-order valence-electron chi connectivity index (χ4n) is 4.98. The number of benzene rings is 5. The number of primary sulfonamides is 2. The first kappa shape index (κ1) is 80.2. The third-order valence-corrected chi connectivity index (χ3v) is 13.2. The predicted molar refractivity (Wildman–Crippen MR) is 295 cm³/mol. The second-order valence-electron chi connectivity index (χ2n) is 14.1. The van der Waals surface area contributed by atoms with Gasteiger partial charge in [0.25, 0.3) is 19.2 Å². The van der Waals surface area contributed by atoms with Crippen LogP contribution in [0.1, 0.15) is 7.43 Å². The third-order valence-electron chi connectivity index (χ3n) is 8.26. The summed E-state index contributed by atoms with van der Waals surface area (Å²) in [6, 6.07) is 7.55. The zero-order chi connectivity index (χ0) is 60.9. The lowest BCUT2D eigenvalue weighted by Gasteiger charge is -2.30. The highest BCUT2D eigenvalue weighted by Gasteiger charge is 2.24. The van der Waals surface area contributed by atoms with E-state index in [2.05, 4.69) is 58.3 Å². The van der Waals surface area contributed by atoms with Crippen LogP contribution in [-0.4, -0.2) is 101 Å². The first-order chi connectivity index (χ1) is 35.5. The maximum absolute atomic E-state index is 13.2. The minimum Gasteiger partial charge on any atom is -0.399 e. The standard InChI is InChI=1S/C10H13F2N3O2S.C6H4ClF2NO2S.C6H6F2N2O2S.C6H5F2NO3S.C6H5F2N.C4H9Br2N.CH4.BrH.ClHO3S/c11-7-5-9(15-3-1-14-2-4-15)10(6-8(7)12)18(13,16)17;7-13(11,12)6-2-4(9)3(8)1-5(6)10;2*7-3-1-5(9)6(2-4(3)8)13(10,11)12;7-5-2-1-4(9)3-6(5)8;5-1-3-7-4-2-6;;;1-5(2,3)4/h5-6,14H,1-4H2,(H2,13,16,17);1-2H,10H2;1-2H,9H2,(H2,10,11,12);1-2H,9H2,(H,10,11,12);1-3H,9H2;7H,1-4H2;1H4;1H;(H,2,3,4). The van der Waals surface area contributed by atoms with Crippen molar-refractivity contribution in [1.29, 1.82) is 0 Å². The Morgan fingerprint density at radius 1 is 0.512 bits per heavy atom. The highest BCUT2D eigenvalue weighted by atomic mass is 79.9. The average Bonchev–Trinajstić information content (AvgIpc) is 3.29. The number of halogens is 15. The molecule has 21 nitrogen and oxygen atoms in total. The summed E-state index contributed by atoms with van der Waals surface area (Å²) in [7, 11) is -12.2. The van der Waals surface area contributed by atoms with Crippen molar-refractivity contribution in [3.63, 3.8) is 0 Å². The molecule has 16 N–H and O–H groups in total. The first-order valence-corrected chi connectivity index (χ1v) is 31.2. The second-order valence-corrected chi connectivity index (χ2v) is 24.7. The molecular weight excluding hydrogens is 1450 g/mol. The summed E-state index contributed by atoms with van der Waals surface area (Å²) in [5.74, 6) is -11.8. The van der Waals surface area contributed by atoms with E-state index in [-0.39, 0.29) is 40.7 Å². The molecule has 41 heteroatoms. The molecule has 0 unspecified atom stereocenters. The molecule has 6 rings (SSSR count). The van der Waals surface area contributed by atoms with Gasteiger partial charge in [-0.05, 0) is 36.4 Å². The van der Waals surface area contributed by atoms with E-state index in [4.69, 9.17) is 56.3 Å². The van der Waals surface area contributed by atoms with Crippen LogP contribution in [0.15, 0.2) is 86.3 Å². The van der Waals surface area contributed by atoms with Gasteiger partial charge in [-0.2, -0.15) is 16.8 Å². The van der Waals surface area contributed by atoms with Crippen LogP contribution in [0.25, 0.3) is 0 Å². The van der Waals surface area contributed by atoms with Gasteiger partial charge in [0, 0.05) is 107 Å². The Kier molecular flexibility index (Phi) is 35.9. The SMILES string of the molecule is Br.BrCCNCCBr.C.NS(=O)(=O)c1cc(F)c(F)cc1N1CCNCC1.Nc1cc(F)c(F)cc1S(=O)(=O)Cl.Nc1cc(F)c(F)cc1S(=O)(=O)O.Nc1cc(F)c(F)cc1S(N)(=O)=O.Nc1ccc(F)c(F)c1.O=S(=O)(O)Cl. The number of hydrogen-bond donors (Lipinski definition) is 10. The Morgan fingerprint density at radius 3 is 1.16 bits per heavy atom. The van der Waals surface area contributed by atoms with E-state index in [1.54, 1.807) is 4.90 Å². The number of nitrogens with zero attached hydrogens (tertiary/aromatic N) is 1. The molecule has 0 radical (unpaired) electrons. The summed E-state index contributed by atoms with van der Waals surface area (Å²) in [6.07, 6.45) is 0. The van der Waals surface area contributed by atoms with E-state index in [9.17, 15) is 77.6 Å². The predicted octanol–water partition coefficient (Wildman–Crippen LogP) is 6.64. The number of nitrogens with one attached hydrogen (secondary N) is 2.